The lowest BCUT2D eigenvalue weighted by Crippen LogP contribution is -2.38. The second-order valence-electron chi connectivity index (χ2n) is 8.79. The van der Waals surface area contributed by atoms with E-state index in [1.807, 2.05) is 61.9 Å². The van der Waals surface area contributed by atoms with E-state index in [1.165, 1.54) is 0 Å². The van der Waals surface area contributed by atoms with Gasteiger partial charge in [-0.1, -0.05) is 26.0 Å². The smallest absolute Gasteiger partial charge is 0.225 e. The van der Waals surface area contributed by atoms with Crippen LogP contribution >= 0.6 is 0 Å². The number of nitrogens with zero attached hydrogens (tertiary/aromatic N) is 6. The van der Waals surface area contributed by atoms with E-state index in [2.05, 4.69) is 33.7 Å². The lowest BCUT2D eigenvalue weighted by Gasteiger charge is -2.33. The largest absolute Gasteiger partial charge is 0.497 e. The number of aromatic nitrogens is 4. The Kier molecular flexibility index (Phi) is 7.15. The van der Waals surface area contributed by atoms with Crippen LogP contribution < -0.4 is 9.64 Å². The minimum absolute atomic E-state index is 0.159. The van der Waals surface area contributed by atoms with Crippen LogP contribution in [0.2, 0.25) is 0 Å². The molecule has 3 heterocycles. The fraction of sp³-hybridized carbons (Fsp3) is 0.440. The molecule has 0 bridgehead atoms. The summed E-state index contributed by atoms with van der Waals surface area (Å²) >= 11 is 0. The Labute approximate surface area is 195 Å². The Bertz CT molecular complexity index is 1050. The highest BCUT2D eigenvalue weighted by molar-refractivity contribution is 5.67. The Morgan fingerprint density at radius 2 is 1.82 bits per heavy atom. The summed E-state index contributed by atoms with van der Waals surface area (Å²) in [6.45, 7) is 7.21. The molecule has 3 aromatic rings. The molecule has 1 fully saturated rings. The zero-order valence-corrected chi connectivity index (χ0v) is 20.0. The lowest BCUT2D eigenvalue weighted by atomic mass is 10.0. The Balaban J connectivity index is 1.58. The zero-order valence-electron chi connectivity index (χ0n) is 20.0. The van der Waals surface area contributed by atoms with Crippen LogP contribution in [-0.2, 0) is 11.3 Å². The summed E-state index contributed by atoms with van der Waals surface area (Å²) in [7, 11) is 5.56. The molecule has 0 spiro atoms. The van der Waals surface area contributed by atoms with Gasteiger partial charge in [-0.15, -0.1) is 0 Å². The molecule has 8 heteroatoms. The second kappa shape index (κ2) is 10.2. The summed E-state index contributed by atoms with van der Waals surface area (Å²) in [5.74, 6) is 2.68. The van der Waals surface area contributed by atoms with Crippen LogP contribution in [0.5, 0.6) is 5.75 Å². The maximum absolute atomic E-state index is 6.22. The maximum atomic E-state index is 6.22. The summed E-state index contributed by atoms with van der Waals surface area (Å²) in [6, 6.07) is 7.97. The highest BCUT2D eigenvalue weighted by atomic mass is 16.5. The van der Waals surface area contributed by atoms with Gasteiger partial charge in [0.05, 0.1) is 19.4 Å². The third-order valence-corrected chi connectivity index (χ3v) is 5.71. The fourth-order valence-corrected chi connectivity index (χ4v) is 3.85. The van der Waals surface area contributed by atoms with Crippen molar-refractivity contribution in [1.82, 2.24) is 24.8 Å². The van der Waals surface area contributed by atoms with Crippen molar-refractivity contribution in [3.8, 4) is 16.9 Å². The zero-order chi connectivity index (χ0) is 23.4. The summed E-state index contributed by atoms with van der Waals surface area (Å²) in [5.41, 5.74) is 4.01. The molecule has 1 aliphatic heterocycles. The molecule has 0 aliphatic carbocycles. The minimum atomic E-state index is -0.159. The van der Waals surface area contributed by atoms with Gasteiger partial charge in [0.2, 0.25) is 5.95 Å². The van der Waals surface area contributed by atoms with Gasteiger partial charge >= 0.3 is 0 Å². The first-order valence-corrected chi connectivity index (χ1v) is 11.3. The molecule has 0 N–H and O–H groups in total. The summed E-state index contributed by atoms with van der Waals surface area (Å²) in [5, 5.41) is 0. The molecule has 1 aliphatic rings. The third-order valence-electron chi connectivity index (χ3n) is 5.71. The topological polar surface area (TPSA) is 76.5 Å². The third kappa shape index (κ3) is 5.46. The van der Waals surface area contributed by atoms with E-state index >= 15 is 0 Å². The number of ether oxygens (including phenoxy) is 2. The first-order valence-electron chi connectivity index (χ1n) is 11.3. The van der Waals surface area contributed by atoms with E-state index in [-0.39, 0.29) is 6.10 Å². The average molecular weight is 449 g/mol. The molecule has 1 aromatic carbocycles. The molecular formula is C25H32N6O2. The molecule has 2 aromatic heterocycles. The minimum Gasteiger partial charge on any atom is -0.497 e. The summed E-state index contributed by atoms with van der Waals surface area (Å²) in [6.07, 6.45) is 5.60. The second-order valence-corrected chi connectivity index (χ2v) is 8.79. The molecular weight excluding hydrogens is 416 g/mol. The predicted molar refractivity (Wildman–Crippen MR) is 128 cm³/mol. The number of hydrogen-bond donors (Lipinski definition) is 0. The molecule has 1 atom stereocenters. The van der Waals surface area contributed by atoms with E-state index < -0.39 is 0 Å². The van der Waals surface area contributed by atoms with Gasteiger partial charge in [-0.3, -0.25) is 4.90 Å². The van der Waals surface area contributed by atoms with Crippen molar-refractivity contribution >= 4 is 5.95 Å². The molecule has 4 rings (SSSR count). The van der Waals surface area contributed by atoms with Crippen LogP contribution in [0, 0.1) is 0 Å². The Hall–Kier alpha value is -3.10. The number of methoxy groups -OCH3 is 1. The Morgan fingerprint density at radius 1 is 1.09 bits per heavy atom. The first kappa shape index (κ1) is 23.1. The quantitative estimate of drug-likeness (QED) is 0.542. The first-order chi connectivity index (χ1) is 15.9. The molecule has 0 saturated carbocycles. The van der Waals surface area contributed by atoms with Crippen LogP contribution in [0.15, 0.2) is 42.9 Å². The number of rotatable bonds is 7. The van der Waals surface area contributed by atoms with Gasteiger partial charge in [0.25, 0.3) is 0 Å². The molecule has 1 unspecified atom stereocenters. The van der Waals surface area contributed by atoms with E-state index in [0.717, 1.165) is 53.6 Å². The van der Waals surface area contributed by atoms with Crippen LogP contribution in [0.4, 0.5) is 5.95 Å². The lowest BCUT2D eigenvalue weighted by molar-refractivity contribution is -0.0347. The van der Waals surface area contributed by atoms with E-state index in [0.29, 0.717) is 18.5 Å². The highest BCUT2D eigenvalue weighted by Crippen LogP contribution is 2.32. The molecule has 33 heavy (non-hydrogen) atoms. The predicted octanol–water partition coefficient (Wildman–Crippen LogP) is 3.71. The highest BCUT2D eigenvalue weighted by Gasteiger charge is 2.27. The van der Waals surface area contributed by atoms with Crippen molar-refractivity contribution < 1.29 is 9.47 Å². The molecule has 1 saturated heterocycles. The van der Waals surface area contributed by atoms with Crippen LogP contribution in [0.3, 0.4) is 0 Å². The molecule has 0 radical (unpaired) electrons. The van der Waals surface area contributed by atoms with E-state index in [4.69, 9.17) is 14.5 Å². The standard InChI is InChI=1S/C25H32N6O2/c1-17(2)24-26-12-18(13-27-24)15-31-10-11-33-22(16-31)23-21(14-28-25(29-23)30(3)4)19-6-8-20(32-5)9-7-19/h6-9,12-14,17,22H,10-11,15-16H2,1-5H3. The number of hydrogen-bond acceptors (Lipinski definition) is 8. The van der Waals surface area contributed by atoms with Crippen molar-refractivity contribution in [3.05, 3.63) is 59.9 Å². The number of anilines is 1. The number of morpholine rings is 1. The monoisotopic (exact) mass is 448 g/mol. The van der Waals surface area contributed by atoms with Crippen molar-refractivity contribution in [2.45, 2.75) is 32.4 Å². The van der Waals surface area contributed by atoms with Crippen LogP contribution in [0.1, 0.15) is 43.0 Å². The van der Waals surface area contributed by atoms with Crippen molar-refractivity contribution in [2.75, 3.05) is 45.8 Å². The molecule has 174 valence electrons. The number of benzene rings is 1. The van der Waals surface area contributed by atoms with Gasteiger partial charge < -0.3 is 14.4 Å². The van der Waals surface area contributed by atoms with Gasteiger partial charge in [-0.2, -0.15) is 0 Å². The van der Waals surface area contributed by atoms with Crippen LogP contribution in [0.25, 0.3) is 11.1 Å². The van der Waals surface area contributed by atoms with E-state index in [9.17, 15) is 0 Å². The normalized spacial score (nSPS) is 16.7. The van der Waals surface area contributed by atoms with Gasteiger partial charge in [-0.25, -0.2) is 19.9 Å². The Morgan fingerprint density at radius 3 is 2.45 bits per heavy atom. The van der Waals surface area contributed by atoms with Gasteiger partial charge in [0, 0.05) is 69.4 Å². The van der Waals surface area contributed by atoms with Crippen molar-refractivity contribution in [2.24, 2.45) is 0 Å². The van der Waals surface area contributed by atoms with Crippen LogP contribution in [-0.4, -0.2) is 65.7 Å². The molecule has 0 amide bonds. The summed E-state index contributed by atoms with van der Waals surface area (Å²) in [4.78, 5) is 22.8. The van der Waals surface area contributed by atoms with Crippen molar-refractivity contribution in [1.29, 1.82) is 0 Å². The fourth-order valence-electron chi connectivity index (χ4n) is 3.85. The van der Waals surface area contributed by atoms with Crippen molar-refractivity contribution in [3.63, 3.8) is 0 Å². The SMILES string of the molecule is COc1ccc(-c2cnc(N(C)C)nc2C2CN(Cc3cnc(C(C)C)nc3)CCO2)cc1. The maximum Gasteiger partial charge on any atom is 0.225 e. The van der Waals surface area contributed by atoms with Gasteiger partial charge in [0.15, 0.2) is 0 Å². The van der Waals surface area contributed by atoms with Gasteiger partial charge in [0.1, 0.15) is 17.7 Å². The molecule has 8 nitrogen and oxygen atoms in total. The summed E-state index contributed by atoms with van der Waals surface area (Å²) < 4.78 is 11.5. The van der Waals surface area contributed by atoms with Gasteiger partial charge in [-0.05, 0) is 17.7 Å². The van der Waals surface area contributed by atoms with E-state index in [1.54, 1.807) is 7.11 Å². The average Bonchev–Trinajstić information content (AvgIpc) is 2.84.